The van der Waals surface area contributed by atoms with Gasteiger partial charge in [0, 0.05) is 5.33 Å². The highest BCUT2D eigenvalue weighted by Crippen LogP contribution is 2.44. The Hall–Kier alpha value is 0.990. The van der Waals surface area contributed by atoms with E-state index in [9.17, 15) is 4.57 Å². The van der Waals surface area contributed by atoms with Gasteiger partial charge in [0.05, 0.1) is 0 Å². The molecule has 0 aromatic rings. The van der Waals surface area contributed by atoms with Crippen LogP contribution in [0.25, 0.3) is 0 Å². The van der Waals surface area contributed by atoms with E-state index in [1.54, 1.807) is 0 Å². The van der Waals surface area contributed by atoms with E-state index in [-0.39, 0.29) is 12.3 Å². The molecule has 12 heavy (non-hydrogen) atoms. The Morgan fingerprint density at radius 1 is 1.50 bits per heavy atom. The van der Waals surface area contributed by atoms with Crippen molar-refractivity contribution in [2.24, 2.45) is 0 Å². The average Bonchev–Trinajstić information content (AvgIpc) is 1.60. The molecule has 1 atom stereocenters. The highest BCUT2D eigenvalue weighted by molar-refractivity contribution is 9.12. The van der Waals surface area contributed by atoms with Crippen LogP contribution < -0.4 is 12.3 Å². The molecule has 0 fully saturated rings. The number of hydrogen-bond donors (Lipinski definition) is 4. The summed E-state index contributed by atoms with van der Waals surface area (Å²) in [5.41, 5.74) is 0. The van der Waals surface area contributed by atoms with Crippen LogP contribution in [0.3, 0.4) is 0 Å². The van der Waals surface area contributed by atoms with Crippen LogP contribution in [-0.4, -0.2) is 19.6 Å². The molecular weight excluding hydrogens is 319 g/mol. The van der Waals surface area contributed by atoms with Gasteiger partial charge in [-0.05, 0) is 6.92 Å². The first-order chi connectivity index (χ1) is 4.27. The zero-order chi connectivity index (χ0) is 8.41. The number of rotatable bonds is 3. The molecule has 0 rings (SSSR count). The lowest BCUT2D eigenvalue weighted by molar-refractivity contribution is 0.142. The van der Waals surface area contributed by atoms with Crippen LogP contribution in [0.5, 0.6) is 0 Å². The Bertz CT molecular complexity index is 160. The minimum Gasteiger partial charge on any atom is -0.344 e. The standard InChI is InChI=1S/C3H7Br2O4P.2H3N/c1-3(5,2-4)9-10(6,7)8;;/h2H2,1H3,(H2,6,7,8);2*1H3. The maximum Gasteiger partial charge on any atom is 0.470 e. The van der Waals surface area contributed by atoms with E-state index in [4.69, 9.17) is 9.79 Å². The molecule has 0 heterocycles. The van der Waals surface area contributed by atoms with Gasteiger partial charge >= 0.3 is 7.82 Å². The van der Waals surface area contributed by atoms with Crippen LogP contribution in [0, 0.1) is 0 Å². The number of halogens is 2. The highest BCUT2D eigenvalue weighted by Gasteiger charge is 2.29. The maximum absolute atomic E-state index is 10.2. The summed E-state index contributed by atoms with van der Waals surface area (Å²) in [6.45, 7) is 1.50. The van der Waals surface area contributed by atoms with Gasteiger partial charge in [0.25, 0.3) is 0 Å². The molecule has 0 bridgehead atoms. The highest BCUT2D eigenvalue weighted by atomic mass is 79.9. The predicted octanol–water partition coefficient (Wildman–Crippen LogP) is 1.93. The van der Waals surface area contributed by atoms with Crippen LogP contribution in [-0.2, 0) is 9.09 Å². The summed E-state index contributed by atoms with van der Waals surface area (Å²) in [7, 11) is -4.38. The Balaban J connectivity index is -0.000000405. The second-order valence-corrected chi connectivity index (χ2v) is 5.22. The molecule has 0 aliphatic rings. The average molecular weight is 332 g/mol. The lowest BCUT2D eigenvalue weighted by Gasteiger charge is -2.19. The van der Waals surface area contributed by atoms with Gasteiger partial charge < -0.3 is 22.1 Å². The summed E-state index contributed by atoms with van der Waals surface area (Å²) in [6, 6.07) is 0. The summed E-state index contributed by atoms with van der Waals surface area (Å²) in [4.78, 5) is 16.6. The Labute approximate surface area is 87.7 Å². The minimum absolute atomic E-state index is 0. The first-order valence-electron chi connectivity index (χ1n) is 2.28. The quantitative estimate of drug-likeness (QED) is 0.460. The van der Waals surface area contributed by atoms with Gasteiger partial charge in [-0.1, -0.05) is 31.9 Å². The summed E-state index contributed by atoms with van der Waals surface area (Å²) in [5, 5.41) is 0.297. The summed E-state index contributed by atoms with van der Waals surface area (Å²) in [6.07, 6.45) is 0. The van der Waals surface area contributed by atoms with Crippen molar-refractivity contribution in [2.45, 2.75) is 11.4 Å². The van der Waals surface area contributed by atoms with Gasteiger partial charge in [0.15, 0.2) is 0 Å². The summed E-state index contributed by atoms with van der Waals surface area (Å²) in [5.74, 6) is 0. The number of phosphoric acid groups is 1. The van der Waals surface area contributed by atoms with Crippen LogP contribution >= 0.6 is 39.7 Å². The Morgan fingerprint density at radius 2 is 1.83 bits per heavy atom. The molecule has 1 unspecified atom stereocenters. The van der Waals surface area contributed by atoms with E-state index < -0.39 is 12.3 Å². The van der Waals surface area contributed by atoms with E-state index in [0.717, 1.165) is 0 Å². The van der Waals surface area contributed by atoms with Crippen LogP contribution in [0.15, 0.2) is 0 Å². The fraction of sp³-hybridized carbons (Fsp3) is 1.00. The second-order valence-electron chi connectivity index (χ2n) is 1.82. The molecule has 0 amide bonds. The molecule has 0 saturated heterocycles. The molecule has 0 radical (unpaired) electrons. The fourth-order valence-electron chi connectivity index (χ4n) is 0.272. The van der Waals surface area contributed by atoms with Crippen molar-refractivity contribution in [3.8, 4) is 0 Å². The largest absolute Gasteiger partial charge is 0.470 e. The molecule has 78 valence electrons. The van der Waals surface area contributed by atoms with Crippen molar-refractivity contribution in [2.75, 3.05) is 5.33 Å². The summed E-state index contributed by atoms with van der Waals surface area (Å²) >= 11 is 5.96. The normalized spacial score (nSPS) is 15.4. The van der Waals surface area contributed by atoms with Crippen molar-refractivity contribution < 1.29 is 18.9 Å². The smallest absolute Gasteiger partial charge is 0.344 e. The van der Waals surface area contributed by atoms with Gasteiger partial charge in [0.1, 0.15) is 4.51 Å². The Kier molecular flexibility index (Phi) is 10.0. The molecule has 8 N–H and O–H groups in total. The van der Waals surface area contributed by atoms with Crippen LogP contribution in [0.2, 0.25) is 0 Å². The van der Waals surface area contributed by atoms with E-state index in [2.05, 4.69) is 36.4 Å². The molecule has 0 spiro atoms. The molecule has 0 aromatic carbocycles. The SMILES string of the molecule is CC(Br)(CBr)OP(=O)(O)O.N.N. The third kappa shape index (κ3) is 11.0. The lowest BCUT2D eigenvalue weighted by atomic mass is 10.5. The van der Waals surface area contributed by atoms with Crippen molar-refractivity contribution in [3.05, 3.63) is 0 Å². The third-order valence-electron chi connectivity index (χ3n) is 0.548. The second kappa shape index (κ2) is 6.44. The van der Waals surface area contributed by atoms with E-state index in [1.165, 1.54) is 6.92 Å². The molecule has 9 heteroatoms. The monoisotopic (exact) mass is 330 g/mol. The fourth-order valence-corrected chi connectivity index (χ4v) is 1.69. The Morgan fingerprint density at radius 3 is 1.92 bits per heavy atom. The number of phosphoric ester groups is 1. The van der Waals surface area contributed by atoms with Gasteiger partial charge in [-0.2, -0.15) is 0 Å². The van der Waals surface area contributed by atoms with Crippen molar-refractivity contribution in [1.29, 1.82) is 0 Å². The molecule has 0 aliphatic heterocycles. The van der Waals surface area contributed by atoms with Crippen LogP contribution in [0.1, 0.15) is 6.92 Å². The predicted molar refractivity (Wildman–Crippen MR) is 54.3 cm³/mol. The first-order valence-corrected chi connectivity index (χ1v) is 5.72. The van der Waals surface area contributed by atoms with Gasteiger partial charge in [-0.15, -0.1) is 0 Å². The molecule has 6 nitrogen and oxygen atoms in total. The molecular formula is C3H13Br2N2O4P. The van der Waals surface area contributed by atoms with Gasteiger partial charge in [0.2, 0.25) is 0 Å². The zero-order valence-corrected chi connectivity index (χ0v) is 10.6. The maximum atomic E-state index is 10.2. The van der Waals surface area contributed by atoms with Crippen LogP contribution in [0.4, 0.5) is 0 Å². The topological polar surface area (TPSA) is 137 Å². The van der Waals surface area contributed by atoms with E-state index in [0.29, 0.717) is 5.33 Å². The third-order valence-corrected chi connectivity index (χ3v) is 3.70. The molecule has 0 aromatic heterocycles. The summed E-state index contributed by atoms with van der Waals surface area (Å²) < 4.78 is 13.5. The number of alkyl halides is 2. The van der Waals surface area contributed by atoms with Crippen molar-refractivity contribution >= 4 is 39.7 Å². The van der Waals surface area contributed by atoms with Crippen molar-refractivity contribution in [1.82, 2.24) is 12.3 Å². The lowest BCUT2D eigenvalue weighted by Crippen LogP contribution is -2.20. The van der Waals surface area contributed by atoms with E-state index >= 15 is 0 Å². The van der Waals surface area contributed by atoms with E-state index in [1.807, 2.05) is 0 Å². The minimum atomic E-state index is -4.38. The number of hydrogen-bond acceptors (Lipinski definition) is 4. The van der Waals surface area contributed by atoms with Gasteiger partial charge in [-0.25, -0.2) is 4.57 Å². The van der Waals surface area contributed by atoms with Crippen molar-refractivity contribution in [3.63, 3.8) is 0 Å². The zero-order valence-electron chi connectivity index (χ0n) is 6.54. The van der Waals surface area contributed by atoms with Gasteiger partial charge in [-0.3, -0.25) is 4.52 Å². The molecule has 0 saturated carbocycles. The first kappa shape index (κ1) is 18.7. The molecule has 0 aliphatic carbocycles.